The van der Waals surface area contributed by atoms with E-state index in [4.69, 9.17) is 14.2 Å². The van der Waals surface area contributed by atoms with Gasteiger partial charge < -0.3 is 19.3 Å². The van der Waals surface area contributed by atoms with Crippen molar-refractivity contribution in [2.24, 2.45) is 33.5 Å². The molecule has 8 atom stereocenters. The minimum atomic E-state index is -0.903. The second-order valence-corrected chi connectivity index (χ2v) is 10.1. The summed E-state index contributed by atoms with van der Waals surface area (Å²) in [5.41, 5.74) is -1.94. The van der Waals surface area contributed by atoms with Gasteiger partial charge in [0.15, 0.2) is 0 Å². The zero-order chi connectivity index (χ0) is 20.9. The Morgan fingerprint density at radius 3 is 2.11 bits per heavy atom. The predicted octanol–water partition coefficient (Wildman–Crippen LogP) is 1.85. The zero-order valence-corrected chi connectivity index (χ0v) is 17.4. The van der Waals surface area contributed by atoms with Gasteiger partial charge in [-0.15, -0.1) is 0 Å². The van der Waals surface area contributed by atoms with Gasteiger partial charge in [0.1, 0.15) is 12.2 Å². The zero-order valence-electron chi connectivity index (χ0n) is 17.4. The van der Waals surface area contributed by atoms with Crippen molar-refractivity contribution in [3.63, 3.8) is 0 Å². The van der Waals surface area contributed by atoms with Crippen molar-refractivity contribution < 1.29 is 33.7 Å². The van der Waals surface area contributed by atoms with Gasteiger partial charge in [-0.1, -0.05) is 20.8 Å². The first-order chi connectivity index (χ1) is 12.9. The summed E-state index contributed by atoms with van der Waals surface area (Å²) in [6.07, 6.45) is -0.731. The quantitative estimate of drug-likeness (QED) is 0.574. The molecule has 0 radical (unpaired) electrons. The number of aliphatic hydroxyl groups is 1. The third-order valence-electron chi connectivity index (χ3n) is 8.74. The number of hydrogen-bond acceptors (Lipinski definition) is 7. The maximum absolute atomic E-state index is 12.0. The third-order valence-corrected chi connectivity index (χ3v) is 8.74. The van der Waals surface area contributed by atoms with Crippen LogP contribution in [0.3, 0.4) is 0 Å². The van der Waals surface area contributed by atoms with Gasteiger partial charge in [0.05, 0.1) is 12.7 Å². The van der Waals surface area contributed by atoms with Crippen LogP contribution in [-0.4, -0.2) is 47.9 Å². The van der Waals surface area contributed by atoms with Crippen LogP contribution in [0.2, 0.25) is 0 Å². The van der Waals surface area contributed by atoms with Gasteiger partial charge in [-0.25, -0.2) is 0 Å². The van der Waals surface area contributed by atoms with Crippen LogP contribution in [0.4, 0.5) is 0 Å². The van der Waals surface area contributed by atoms with Gasteiger partial charge in [0.2, 0.25) is 0 Å². The van der Waals surface area contributed by atoms with Gasteiger partial charge >= 0.3 is 17.9 Å². The Hall–Kier alpha value is -1.63. The van der Waals surface area contributed by atoms with Crippen LogP contribution < -0.4 is 0 Å². The van der Waals surface area contributed by atoms with E-state index in [-0.39, 0.29) is 36.0 Å². The van der Waals surface area contributed by atoms with Gasteiger partial charge in [-0.05, 0) is 24.7 Å². The predicted molar refractivity (Wildman–Crippen MR) is 96.7 cm³/mol. The fourth-order valence-corrected chi connectivity index (χ4v) is 8.00. The molecule has 5 rings (SSSR count). The van der Waals surface area contributed by atoms with E-state index < -0.39 is 34.4 Å². The number of aliphatic hydroxyl groups excluding tert-OH is 1. The fraction of sp³-hybridized carbons (Fsp3) is 0.857. The van der Waals surface area contributed by atoms with E-state index in [1.165, 1.54) is 20.8 Å². The van der Waals surface area contributed by atoms with Crippen LogP contribution in [0.15, 0.2) is 0 Å². The molecule has 0 aliphatic heterocycles. The fourth-order valence-electron chi connectivity index (χ4n) is 8.00. The van der Waals surface area contributed by atoms with E-state index in [0.717, 1.165) is 6.42 Å². The molecule has 4 bridgehead atoms. The van der Waals surface area contributed by atoms with Crippen LogP contribution >= 0.6 is 0 Å². The minimum Gasteiger partial charge on any atom is -0.465 e. The summed E-state index contributed by atoms with van der Waals surface area (Å²) in [6, 6.07) is 0. The topological polar surface area (TPSA) is 99.1 Å². The van der Waals surface area contributed by atoms with Crippen molar-refractivity contribution in [1.29, 1.82) is 0 Å². The molecule has 5 saturated carbocycles. The minimum absolute atomic E-state index is 0.185. The molecule has 1 unspecified atom stereocenters. The van der Waals surface area contributed by atoms with E-state index in [1.807, 2.05) is 13.8 Å². The van der Waals surface area contributed by atoms with E-state index >= 15 is 0 Å². The van der Waals surface area contributed by atoms with Crippen molar-refractivity contribution in [2.75, 3.05) is 6.61 Å². The van der Waals surface area contributed by atoms with Crippen molar-refractivity contribution in [3.8, 4) is 0 Å². The van der Waals surface area contributed by atoms with Gasteiger partial charge in [0, 0.05) is 42.4 Å². The lowest BCUT2D eigenvalue weighted by Gasteiger charge is -2.61. The van der Waals surface area contributed by atoms with Gasteiger partial charge in [-0.3, -0.25) is 14.4 Å². The molecule has 5 aliphatic rings. The van der Waals surface area contributed by atoms with Crippen molar-refractivity contribution in [2.45, 2.75) is 72.7 Å². The van der Waals surface area contributed by atoms with Crippen LogP contribution in [0.1, 0.15) is 54.4 Å². The standard InChI is InChI=1S/C21H30O7/c1-10(22)26-9-20-8-14(27-11(2)23)16(25)18(4,5)21(20)7-13-15(20)19(13,6)17(21)28-12(3)24/h13-17,25H,7-9H2,1-6H3/t13?,14-,15-,16-,17+,19+,20-,21-/m0/s1. The lowest BCUT2D eigenvalue weighted by Crippen LogP contribution is -2.66. The molecule has 1 spiro atoms. The number of esters is 3. The van der Waals surface area contributed by atoms with Crippen molar-refractivity contribution >= 4 is 17.9 Å². The maximum Gasteiger partial charge on any atom is 0.302 e. The molecule has 5 fully saturated rings. The Morgan fingerprint density at radius 2 is 1.57 bits per heavy atom. The number of carbonyl (C=O) groups is 3. The lowest BCUT2D eigenvalue weighted by molar-refractivity contribution is -0.246. The summed E-state index contributed by atoms with van der Waals surface area (Å²) in [7, 11) is 0. The SMILES string of the molecule is CC(=O)OC[C@]12C[C@H](OC(C)=O)[C@H](O)C(C)(C)[C@@]13CC1[C@H]2[C@]1(C)[C@H]3OC(C)=O. The Balaban J connectivity index is 1.86. The number of hydrogen-bond donors (Lipinski definition) is 1. The Morgan fingerprint density at radius 1 is 0.964 bits per heavy atom. The molecule has 0 aromatic carbocycles. The van der Waals surface area contributed by atoms with E-state index in [9.17, 15) is 19.5 Å². The first kappa shape index (κ1) is 19.7. The monoisotopic (exact) mass is 394 g/mol. The largest absolute Gasteiger partial charge is 0.465 e. The normalized spacial score (nSPS) is 49.2. The second kappa shape index (κ2) is 5.49. The highest BCUT2D eigenvalue weighted by Crippen LogP contribution is 2.95. The maximum atomic E-state index is 12.0. The third kappa shape index (κ3) is 1.96. The summed E-state index contributed by atoms with van der Waals surface area (Å²) in [6.45, 7) is 10.4. The Bertz CT molecular complexity index is 760. The smallest absolute Gasteiger partial charge is 0.302 e. The number of rotatable bonds is 4. The molecule has 7 heteroatoms. The Labute approximate surface area is 165 Å². The molecule has 0 heterocycles. The van der Waals surface area contributed by atoms with Crippen molar-refractivity contribution in [3.05, 3.63) is 0 Å². The van der Waals surface area contributed by atoms with Crippen LogP contribution in [-0.2, 0) is 28.6 Å². The molecular weight excluding hydrogens is 364 g/mol. The molecular formula is C21H30O7. The molecule has 0 aromatic rings. The molecule has 0 saturated heterocycles. The molecule has 7 nitrogen and oxygen atoms in total. The highest BCUT2D eigenvalue weighted by Gasteiger charge is 2.96. The summed E-state index contributed by atoms with van der Waals surface area (Å²) >= 11 is 0. The van der Waals surface area contributed by atoms with E-state index in [0.29, 0.717) is 12.3 Å². The first-order valence-corrected chi connectivity index (χ1v) is 10.0. The first-order valence-electron chi connectivity index (χ1n) is 10.0. The number of ether oxygens (including phenoxy) is 3. The van der Waals surface area contributed by atoms with Crippen molar-refractivity contribution in [1.82, 2.24) is 0 Å². The Kier molecular flexibility index (Phi) is 3.86. The van der Waals surface area contributed by atoms with Crippen LogP contribution in [0, 0.1) is 33.5 Å². The second-order valence-electron chi connectivity index (χ2n) is 10.1. The van der Waals surface area contributed by atoms with E-state index in [2.05, 4.69) is 6.92 Å². The summed E-state index contributed by atoms with van der Waals surface area (Å²) in [5, 5.41) is 11.2. The highest BCUT2D eigenvalue weighted by atomic mass is 16.6. The van der Waals surface area contributed by atoms with Crippen LogP contribution in [0.25, 0.3) is 0 Å². The van der Waals surface area contributed by atoms with E-state index in [1.54, 1.807) is 0 Å². The summed E-state index contributed by atoms with van der Waals surface area (Å²) in [4.78, 5) is 35.4. The average molecular weight is 394 g/mol. The van der Waals surface area contributed by atoms with Gasteiger partial charge in [-0.2, -0.15) is 0 Å². The summed E-state index contributed by atoms with van der Waals surface area (Å²) in [5.74, 6) is -0.608. The molecule has 0 aromatic heterocycles. The molecule has 28 heavy (non-hydrogen) atoms. The highest BCUT2D eigenvalue weighted by molar-refractivity contribution is 5.68. The molecule has 0 amide bonds. The number of carbonyl (C=O) groups excluding carboxylic acids is 3. The molecule has 1 N–H and O–H groups in total. The molecule has 5 aliphatic carbocycles. The molecule has 156 valence electrons. The summed E-state index contributed by atoms with van der Waals surface area (Å²) < 4.78 is 17.0. The van der Waals surface area contributed by atoms with Gasteiger partial charge in [0.25, 0.3) is 0 Å². The average Bonchev–Trinajstić information content (AvgIpc) is 2.81. The van der Waals surface area contributed by atoms with Crippen LogP contribution in [0.5, 0.6) is 0 Å². The lowest BCUT2D eigenvalue weighted by atomic mass is 9.46.